The Labute approximate surface area is 155 Å². The van der Waals surface area contributed by atoms with Gasteiger partial charge in [-0.1, -0.05) is 33.3 Å². The molecule has 1 amide bonds. The number of hydrogen-bond acceptors (Lipinski definition) is 4. The van der Waals surface area contributed by atoms with E-state index in [2.05, 4.69) is 27.5 Å². The lowest BCUT2D eigenvalue weighted by molar-refractivity contribution is -0.384. The summed E-state index contributed by atoms with van der Waals surface area (Å²) in [4.78, 5) is 27.4. The first-order valence-electron chi connectivity index (χ1n) is 7.23. The number of thiazole rings is 1. The van der Waals surface area contributed by atoms with Gasteiger partial charge < -0.3 is 4.57 Å². The first-order chi connectivity index (χ1) is 12.0. The Morgan fingerprint density at radius 2 is 2.04 bits per heavy atom. The minimum atomic E-state index is -0.507. The number of fused-ring (bicyclic) bond motifs is 1. The van der Waals surface area contributed by atoms with Crippen molar-refractivity contribution in [2.24, 2.45) is 4.99 Å². The fourth-order valence-electron chi connectivity index (χ4n) is 2.32. The minimum absolute atomic E-state index is 0.0648. The van der Waals surface area contributed by atoms with Crippen LogP contribution in [0.5, 0.6) is 0 Å². The van der Waals surface area contributed by atoms with Crippen LogP contribution in [0.25, 0.3) is 10.2 Å². The van der Waals surface area contributed by atoms with E-state index in [1.54, 1.807) is 6.08 Å². The number of rotatable bonds is 4. The van der Waals surface area contributed by atoms with Gasteiger partial charge in [0.25, 0.3) is 11.6 Å². The van der Waals surface area contributed by atoms with E-state index >= 15 is 0 Å². The quantitative estimate of drug-likeness (QED) is 0.360. The van der Waals surface area contributed by atoms with Gasteiger partial charge in [0.05, 0.1) is 15.1 Å². The van der Waals surface area contributed by atoms with Gasteiger partial charge in [0.1, 0.15) is 0 Å². The molecular weight excluding hydrogens is 406 g/mol. The lowest BCUT2D eigenvalue weighted by atomic mass is 10.2. The van der Waals surface area contributed by atoms with E-state index in [1.165, 1.54) is 35.6 Å². The van der Waals surface area contributed by atoms with Crippen molar-refractivity contribution in [3.8, 4) is 0 Å². The predicted octanol–water partition coefficient (Wildman–Crippen LogP) is 4.30. The molecular formula is C17H12BrN3O3S. The normalized spacial score (nSPS) is 11.6. The molecule has 3 aromatic rings. The number of amides is 1. The van der Waals surface area contributed by atoms with Crippen molar-refractivity contribution >= 4 is 49.1 Å². The molecule has 0 N–H and O–H groups in total. The molecule has 0 bridgehead atoms. The molecule has 0 aliphatic rings. The molecule has 0 spiro atoms. The lowest BCUT2D eigenvalue weighted by Gasteiger charge is -2.01. The summed E-state index contributed by atoms with van der Waals surface area (Å²) < 4.78 is 3.84. The van der Waals surface area contributed by atoms with Crippen molar-refractivity contribution in [3.05, 3.63) is 80.1 Å². The van der Waals surface area contributed by atoms with Crippen LogP contribution in [0.3, 0.4) is 0 Å². The number of carbonyl (C=O) groups excluding carboxylic acids is 1. The average Bonchev–Trinajstić information content (AvgIpc) is 2.91. The third kappa shape index (κ3) is 3.59. The number of allylic oxidation sites excluding steroid dienone is 1. The molecule has 0 aliphatic heterocycles. The van der Waals surface area contributed by atoms with Gasteiger partial charge in [0.2, 0.25) is 0 Å². The van der Waals surface area contributed by atoms with Crippen molar-refractivity contribution < 1.29 is 9.72 Å². The highest BCUT2D eigenvalue weighted by atomic mass is 79.9. The van der Waals surface area contributed by atoms with Crippen LogP contribution in [0.15, 0.2) is 64.6 Å². The van der Waals surface area contributed by atoms with Gasteiger partial charge in [-0.25, -0.2) is 0 Å². The van der Waals surface area contributed by atoms with Crippen LogP contribution in [-0.4, -0.2) is 15.4 Å². The zero-order valence-electron chi connectivity index (χ0n) is 12.9. The summed E-state index contributed by atoms with van der Waals surface area (Å²) in [5.74, 6) is -0.446. The molecule has 2 aromatic carbocycles. The standard InChI is InChI=1S/C17H12BrN3O3S/c1-2-9-20-14-8-5-12(18)10-15(14)25-17(20)19-16(22)11-3-6-13(7-4-11)21(23)24/h2-8,10H,1,9H2. The number of non-ortho nitro benzene ring substituents is 1. The zero-order valence-corrected chi connectivity index (χ0v) is 15.3. The molecule has 0 saturated carbocycles. The highest BCUT2D eigenvalue weighted by Gasteiger charge is 2.11. The van der Waals surface area contributed by atoms with Crippen molar-refractivity contribution in [1.29, 1.82) is 0 Å². The maximum Gasteiger partial charge on any atom is 0.279 e. The molecule has 6 nitrogen and oxygen atoms in total. The number of benzene rings is 2. The summed E-state index contributed by atoms with van der Waals surface area (Å²) in [6, 6.07) is 11.3. The number of nitrogens with zero attached hydrogens (tertiary/aromatic N) is 3. The molecule has 1 heterocycles. The van der Waals surface area contributed by atoms with Crippen molar-refractivity contribution in [3.63, 3.8) is 0 Å². The van der Waals surface area contributed by atoms with Crippen molar-refractivity contribution in [2.45, 2.75) is 6.54 Å². The van der Waals surface area contributed by atoms with Crippen LogP contribution in [0.4, 0.5) is 5.69 Å². The Balaban J connectivity index is 2.07. The minimum Gasteiger partial charge on any atom is -0.312 e. The Bertz CT molecular complexity index is 1050. The fraction of sp³-hybridized carbons (Fsp3) is 0.0588. The third-order valence-corrected chi connectivity index (χ3v) is 5.01. The summed E-state index contributed by atoms with van der Waals surface area (Å²) in [5.41, 5.74) is 1.20. The molecule has 126 valence electrons. The van der Waals surface area contributed by atoms with Crippen LogP contribution < -0.4 is 4.80 Å². The Morgan fingerprint density at radius 1 is 1.32 bits per heavy atom. The summed E-state index contributed by atoms with van der Waals surface area (Å²) in [6.07, 6.45) is 1.74. The van der Waals surface area contributed by atoms with E-state index in [0.717, 1.165) is 14.7 Å². The number of nitro groups is 1. The second kappa shape index (κ2) is 7.12. The maximum absolute atomic E-state index is 12.4. The number of nitro benzene ring substituents is 1. The van der Waals surface area contributed by atoms with Gasteiger partial charge in [-0.15, -0.1) is 6.58 Å². The summed E-state index contributed by atoms with van der Waals surface area (Å²) in [5, 5.41) is 10.7. The number of hydrogen-bond donors (Lipinski definition) is 0. The molecule has 0 saturated heterocycles. The number of carbonyl (C=O) groups is 1. The molecule has 0 fully saturated rings. The highest BCUT2D eigenvalue weighted by molar-refractivity contribution is 9.10. The van der Waals surface area contributed by atoms with Gasteiger partial charge in [-0.2, -0.15) is 4.99 Å². The second-order valence-electron chi connectivity index (χ2n) is 5.12. The number of aromatic nitrogens is 1. The summed E-state index contributed by atoms with van der Waals surface area (Å²) >= 11 is 4.83. The van der Waals surface area contributed by atoms with Gasteiger partial charge in [0.15, 0.2) is 4.80 Å². The van der Waals surface area contributed by atoms with Crippen LogP contribution in [-0.2, 0) is 6.54 Å². The molecule has 1 aromatic heterocycles. The highest BCUT2D eigenvalue weighted by Crippen LogP contribution is 2.22. The molecule has 3 rings (SSSR count). The first kappa shape index (κ1) is 17.2. The second-order valence-corrected chi connectivity index (χ2v) is 7.04. The van der Waals surface area contributed by atoms with Crippen molar-refractivity contribution in [1.82, 2.24) is 4.57 Å². The van der Waals surface area contributed by atoms with Crippen LogP contribution in [0.1, 0.15) is 10.4 Å². The van der Waals surface area contributed by atoms with Crippen molar-refractivity contribution in [2.75, 3.05) is 0 Å². The molecule has 0 unspecified atom stereocenters. The topological polar surface area (TPSA) is 77.5 Å². The molecule has 0 atom stereocenters. The van der Waals surface area contributed by atoms with E-state index in [9.17, 15) is 14.9 Å². The Morgan fingerprint density at radius 3 is 2.68 bits per heavy atom. The predicted molar refractivity (Wildman–Crippen MR) is 101 cm³/mol. The Kier molecular flexibility index (Phi) is 4.91. The molecule has 0 radical (unpaired) electrons. The molecule has 8 heteroatoms. The fourth-order valence-corrected chi connectivity index (χ4v) is 3.90. The molecule has 0 aliphatic carbocycles. The van der Waals surface area contributed by atoms with E-state index in [0.29, 0.717) is 16.9 Å². The van der Waals surface area contributed by atoms with Crippen LogP contribution in [0.2, 0.25) is 0 Å². The summed E-state index contributed by atoms with van der Waals surface area (Å²) in [7, 11) is 0. The molecule has 25 heavy (non-hydrogen) atoms. The zero-order chi connectivity index (χ0) is 18.0. The third-order valence-electron chi connectivity index (χ3n) is 3.48. The smallest absolute Gasteiger partial charge is 0.279 e. The SMILES string of the molecule is C=CCn1c(=NC(=O)c2ccc([N+](=O)[O-])cc2)sc2cc(Br)ccc21. The lowest BCUT2D eigenvalue weighted by Crippen LogP contribution is -2.16. The Hall–Kier alpha value is -2.58. The van der Waals surface area contributed by atoms with Gasteiger partial charge >= 0.3 is 0 Å². The summed E-state index contributed by atoms with van der Waals surface area (Å²) in [6.45, 7) is 4.27. The van der Waals surface area contributed by atoms with Gasteiger partial charge in [0, 0.05) is 28.7 Å². The van der Waals surface area contributed by atoms with E-state index in [4.69, 9.17) is 0 Å². The van der Waals surface area contributed by atoms with E-state index < -0.39 is 10.8 Å². The first-order valence-corrected chi connectivity index (χ1v) is 8.84. The van der Waals surface area contributed by atoms with E-state index in [-0.39, 0.29) is 5.69 Å². The van der Waals surface area contributed by atoms with Gasteiger partial charge in [-0.05, 0) is 30.3 Å². The maximum atomic E-state index is 12.4. The monoisotopic (exact) mass is 417 g/mol. The largest absolute Gasteiger partial charge is 0.312 e. The van der Waals surface area contributed by atoms with Crippen LogP contribution >= 0.6 is 27.3 Å². The van der Waals surface area contributed by atoms with Gasteiger partial charge in [-0.3, -0.25) is 14.9 Å². The van der Waals surface area contributed by atoms with Crippen LogP contribution in [0, 0.1) is 10.1 Å². The number of halogens is 1. The van der Waals surface area contributed by atoms with E-state index in [1.807, 2.05) is 22.8 Å². The average molecular weight is 418 g/mol.